The Bertz CT molecular complexity index is 1020. The molecule has 0 spiro atoms. The number of benzene rings is 1. The number of hydrogen-bond acceptors (Lipinski definition) is 5. The van der Waals surface area contributed by atoms with Crippen molar-refractivity contribution in [1.82, 2.24) is 34.5 Å². The highest BCUT2D eigenvalue weighted by atomic mass is 35.5. The van der Waals surface area contributed by atoms with Crippen LogP contribution in [0.15, 0.2) is 24.8 Å². The van der Waals surface area contributed by atoms with Crippen LogP contribution in [0.3, 0.4) is 0 Å². The highest BCUT2D eigenvalue weighted by molar-refractivity contribution is 6.42. The second kappa shape index (κ2) is 8.76. The average molecular weight is 462 g/mol. The van der Waals surface area contributed by atoms with Gasteiger partial charge in [-0.25, -0.2) is 14.6 Å². The van der Waals surface area contributed by atoms with E-state index >= 15 is 0 Å². The van der Waals surface area contributed by atoms with E-state index in [1.54, 1.807) is 24.8 Å². The molecule has 10 heteroatoms. The van der Waals surface area contributed by atoms with E-state index in [0.717, 1.165) is 68.7 Å². The number of fused-ring (bicyclic) bond motifs is 1. The normalized spacial score (nSPS) is 20.7. The number of halogens is 2. The fraction of sp³-hybridized carbons (Fsp3) is 0.524. The summed E-state index contributed by atoms with van der Waals surface area (Å²) in [5.74, 6) is 1.00. The molecule has 1 amide bonds. The molecule has 0 bridgehead atoms. The maximum absolute atomic E-state index is 13.0. The molecule has 8 nitrogen and oxygen atoms in total. The van der Waals surface area contributed by atoms with E-state index in [4.69, 9.17) is 28.2 Å². The molecule has 31 heavy (non-hydrogen) atoms. The van der Waals surface area contributed by atoms with Gasteiger partial charge in [-0.1, -0.05) is 23.2 Å². The summed E-state index contributed by atoms with van der Waals surface area (Å²) in [6.07, 6.45) is 7.87. The number of carbonyl (C=O) groups excluding carboxylic acids is 1. The SMILES string of the molecule is O=C(CCN1CCC(n2cncn2)CC1)N1CCC[C@H]1c1nc2cc(Cl)c(Cl)cc2[nH]1. The van der Waals surface area contributed by atoms with E-state index in [-0.39, 0.29) is 11.9 Å². The summed E-state index contributed by atoms with van der Waals surface area (Å²) in [5, 5.41) is 5.24. The molecule has 2 aliphatic rings. The zero-order valence-corrected chi connectivity index (χ0v) is 18.7. The molecular weight excluding hydrogens is 437 g/mol. The minimum Gasteiger partial charge on any atom is -0.340 e. The fourth-order valence-electron chi connectivity index (χ4n) is 4.74. The van der Waals surface area contributed by atoms with Crippen molar-refractivity contribution in [2.75, 3.05) is 26.2 Å². The molecule has 2 fully saturated rings. The van der Waals surface area contributed by atoms with Gasteiger partial charge in [0.05, 0.1) is 33.2 Å². The summed E-state index contributed by atoms with van der Waals surface area (Å²) >= 11 is 12.3. The van der Waals surface area contributed by atoms with Crippen LogP contribution in [-0.4, -0.2) is 66.6 Å². The van der Waals surface area contributed by atoms with Crippen LogP contribution in [0, 0.1) is 0 Å². The lowest BCUT2D eigenvalue weighted by Gasteiger charge is -2.32. The lowest BCUT2D eigenvalue weighted by atomic mass is 10.1. The molecule has 0 radical (unpaired) electrons. The summed E-state index contributed by atoms with van der Waals surface area (Å²) in [5.41, 5.74) is 1.62. The van der Waals surface area contributed by atoms with Gasteiger partial charge in [0.25, 0.3) is 0 Å². The first-order chi connectivity index (χ1) is 15.1. The molecule has 3 aromatic rings. The largest absolute Gasteiger partial charge is 0.340 e. The minimum absolute atomic E-state index is 0.0181. The molecule has 2 aliphatic heterocycles. The smallest absolute Gasteiger partial charge is 0.224 e. The Kier molecular flexibility index (Phi) is 5.86. The molecule has 164 valence electrons. The topological polar surface area (TPSA) is 82.9 Å². The van der Waals surface area contributed by atoms with Gasteiger partial charge in [0, 0.05) is 32.6 Å². The van der Waals surface area contributed by atoms with Crippen molar-refractivity contribution in [2.45, 2.75) is 44.2 Å². The fourth-order valence-corrected chi connectivity index (χ4v) is 5.06. The Hall–Kier alpha value is -2.16. The van der Waals surface area contributed by atoms with Crippen molar-refractivity contribution in [3.63, 3.8) is 0 Å². The Morgan fingerprint density at radius 1 is 1.13 bits per heavy atom. The summed E-state index contributed by atoms with van der Waals surface area (Å²) in [6, 6.07) is 3.95. The van der Waals surface area contributed by atoms with Gasteiger partial charge in [-0.15, -0.1) is 0 Å². The number of hydrogen-bond donors (Lipinski definition) is 1. The summed E-state index contributed by atoms with van der Waals surface area (Å²) in [6.45, 7) is 3.52. The zero-order chi connectivity index (χ0) is 21.4. The van der Waals surface area contributed by atoms with Crippen molar-refractivity contribution in [2.24, 2.45) is 0 Å². The molecule has 1 aromatic carbocycles. The Balaban J connectivity index is 1.19. The molecular formula is C21H25Cl2N7O. The lowest BCUT2D eigenvalue weighted by molar-refractivity contribution is -0.132. The number of aromatic amines is 1. The highest BCUT2D eigenvalue weighted by Crippen LogP contribution is 2.34. The minimum atomic E-state index is -0.0181. The predicted octanol–water partition coefficient (Wildman–Crippen LogP) is 3.85. The van der Waals surface area contributed by atoms with Gasteiger partial charge in [-0.2, -0.15) is 5.10 Å². The number of aromatic nitrogens is 5. The molecule has 2 saturated heterocycles. The van der Waals surface area contributed by atoms with Gasteiger partial charge in [0.1, 0.15) is 18.5 Å². The van der Waals surface area contributed by atoms with Crippen LogP contribution in [0.1, 0.15) is 50.0 Å². The molecule has 0 unspecified atom stereocenters. The summed E-state index contributed by atoms with van der Waals surface area (Å²) in [4.78, 5) is 29.5. The Labute approximate surface area is 190 Å². The average Bonchev–Trinajstić information content (AvgIpc) is 3.53. The van der Waals surface area contributed by atoms with Crippen LogP contribution in [0.5, 0.6) is 0 Å². The summed E-state index contributed by atoms with van der Waals surface area (Å²) in [7, 11) is 0. The van der Waals surface area contributed by atoms with Crippen molar-refractivity contribution < 1.29 is 4.79 Å². The number of nitrogens with one attached hydrogen (secondary N) is 1. The van der Waals surface area contributed by atoms with Crippen LogP contribution in [0.4, 0.5) is 0 Å². The third-order valence-corrected chi connectivity index (χ3v) is 7.16. The first-order valence-electron chi connectivity index (χ1n) is 10.8. The number of H-pyrrole nitrogens is 1. The van der Waals surface area contributed by atoms with Crippen LogP contribution in [0.2, 0.25) is 10.0 Å². The molecule has 4 heterocycles. The van der Waals surface area contributed by atoms with Crippen molar-refractivity contribution >= 4 is 40.1 Å². The quantitative estimate of drug-likeness (QED) is 0.623. The maximum Gasteiger partial charge on any atom is 0.224 e. The molecule has 5 rings (SSSR count). The van der Waals surface area contributed by atoms with Gasteiger partial charge in [0.15, 0.2) is 0 Å². The van der Waals surface area contributed by atoms with E-state index in [0.29, 0.717) is 22.5 Å². The van der Waals surface area contributed by atoms with Crippen LogP contribution < -0.4 is 0 Å². The lowest BCUT2D eigenvalue weighted by Crippen LogP contribution is -2.38. The molecule has 1 atom stereocenters. The first-order valence-corrected chi connectivity index (χ1v) is 11.5. The number of nitrogens with zero attached hydrogens (tertiary/aromatic N) is 6. The van der Waals surface area contributed by atoms with E-state index in [1.807, 2.05) is 9.58 Å². The van der Waals surface area contributed by atoms with Gasteiger partial charge in [0.2, 0.25) is 5.91 Å². The Morgan fingerprint density at radius 3 is 2.71 bits per heavy atom. The number of amides is 1. The van der Waals surface area contributed by atoms with Crippen LogP contribution >= 0.6 is 23.2 Å². The van der Waals surface area contributed by atoms with E-state index < -0.39 is 0 Å². The Morgan fingerprint density at radius 2 is 1.94 bits per heavy atom. The van der Waals surface area contributed by atoms with E-state index in [2.05, 4.69) is 20.0 Å². The number of imidazole rings is 1. The molecule has 1 N–H and O–H groups in total. The highest BCUT2D eigenvalue weighted by Gasteiger charge is 2.32. The second-order valence-electron chi connectivity index (χ2n) is 8.35. The monoisotopic (exact) mass is 461 g/mol. The van der Waals surface area contributed by atoms with Gasteiger partial charge < -0.3 is 14.8 Å². The predicted molar refractivity (Wildman–Crippen MR) is 119 cm³/mol. The number of piperidine rings is 1. The molecule has 2 aromatic heterocycles. The summed E-state index contributed by atoms with van der Waals surface area (Å²) < 4.78 is 1.95. The second-order valence-corrected chi connectivity index (χ2v) is 9.16. The van der Waals surface area contributed by atoms with E-state index in [9.17, 15) is 4.79 Å². The van der Waals surface area contributed by atoms with Gasteiger partial charge >= 0.3 is 0 Å². The third kappa shape index (κ3) is 4.29. The van der Waals surface area contributed by atoms with Crippen molar-refractivity contribution in [3.05, 3.63) is 40.7 Å². The van der Waals surface area contributed by atoms with Gasteiger partial charge in [-0.05, 0) is 37.8 Å². The number of rotatable bonds is 5. The standard InChI is InChI=1S/C21H25Cl2N7O/c22-15-10-17-18(11-16(15)23)27-21(26-17)19-2-1-6-29(19)20(31)5-9-28-7-3-14(4-8-28)30-13-24-12-25-30/h10-14,19H,1-9H2,(H,26,27)/t19-/m0/s1. The number of carbonyl (C=O) groups is 1. The van der Waals surface area contributed by atoms with E-state index in [1.165, 1.54) is 0 Å². The third-order valence-electron chi connectivity index (χ3n) is 6.44. The zero-order valence-electron chi connectivity index (χ0n) is 17.2. The van der Waals surface area contributed by atoms with Crippen molar-refractivity contribution in [1.29, 1.82) is 0 Å². The molecule has 0 saturated carbocycles. The maximum atomic E-state index is 13.0. The molecule has 0 aliphatic carbocycles. The number of likely N-dealkylation sites (tertiary alicyclic amines) is 2. The van der Waals surface area contributed by atoms with Gasteiger partial charge in [-0.3, -0.25) is 4.79 Å². The van der Waals surface area contributed by atoms with Crippen LogP contribution in [-0.2, 0) is 4.79 Å². The van der Waals surface area contributed by atoms with Crippen LogP contribution in [0.25, 0.3) is 11.0 Å². The first kappa shape index (κ1) is 20.7. The van der Waals surface area contributed by atoms with Crippen molar-refractivity contribution in [3.8, 4) is 0 Å².